The molecule has 0 amide bonds. The Hall–Kier alpha value is -1.26. The summed E-state index contributed by atoms with van der Waals surface area (Å²) in [5.74, 6) is 0.492. The van der Waals surface area contributed by atoms with E-state index in [0.29, 0.717) is 35.5 Å². The van der Waals surface area contributed by atoms with E-state index in [1.54, 1.807) is 6.92 Å². The molecule has 0 aliphatic rings. The third-order valence-electron chi connectivity index (χ3n) is 3.05. The third-order valence-corrected chi connectivity index (χ3v) is 3.61. The summed E-state index contributed by atoms with van der Waals surface area (Å²) >= 11 is 12.5. The van der Waals surface area contributed by atoms with Crippen LogP contribution in [0.1, 0.15) is 18.1 Å². The van der Waals surface area contributed by atoms with Crippen molar-refractivity contribution in [2.24, 2.45) is 0 Å². The average molecular weight is 340 g/mol. The fourth-order valence-corrected chi connectivity index (χ4v) is 2.65. The van der Waals surface area contributed by atoms with Crippen molar-refractivity contribution in [3.8, 4) is 5.75 Å². The highest BCUT2D eigenvalue weighted by Gasteiger charge is 2.10. The summed E-state index contributed by atoms with van der Waals surface area (Å²) < 4.78 is 5.73. The fourth-order valence-electron chi connectivity index (χ4n) is 2.01. The molecule has 22 heavy (non-hydrogen) atoms. The van der Waals surface area contributed by atoms with Crippen LogP contribution in [-0.2, 0) is 13.2 Å². The van der Waals surface area contributed by atoms with Crippen LogP contribution in [0, 0.1) is 0 Å². The monoisotopic (exact) mass is 339 g/mol. The van der Waals surface area contributed by atoms with Gasteiger partial charge in [-0.25, -0.2) is 0 Å². The van der Waals surface area contributed by atoms with Gasteiger partial charge < -0.3 is 15.2 Å². The molecular formula is C17H19Cl2NO2. The normalized spacial score (nSPS) is 12.2. The van der Waals surface area contributed by atoms with E-state index in [1.165, 1.54) is 0 Å². The van der Waals surface area contributed by atoms with Crippen LogP contribution in [0.25, 0.3) is 0 Å². The lowest BCUT2D eigenvalue weighted by atomic mass is 10.2. The maximum Gasteiger partial charge on any atom is 0.156 e. The van der Waals surface area contributed by atoms with Crippen LogP contribution in [0.5, 0.6) is 5.75 Å². The van der Waals surface area contributed by atoms with Crippen molar-refractivity contribution < 1.29 is 9.84 Å². The summed E-state index contributed by atoms with van der Waals surface area (Å²) in [6.07, 6.45) is -0.389. The number of hydrogen-bond donors (Lipinski definition) is 2. The molecule has 0 radical (unpaired) electrons. The van der Waals surface area contributed by atoms with Gasteiger partial charge in [-0.05, 0) is 30.2 Å². The maximum absolute atomic E-state index is 9.23. The minimum Gasteiger partial charge on any atom is -0.486 e. The van der Waals surface area contributed by atoms with Crippen molar-refractivity contribution in [2.75, 3.05) is 6.54 Å². The molecule has 2 aromatic carbocycles. The van der Waals surface area contributed by atoms with Crippen molar-refractivity contribution in [1.29, 1.82) is 0 Å². The van der Waals surface area contributed by atoms with Gasteiger partial charge in [-0.15, -0.1) is 0 Å². The number of halogens is 2. The molecule has 0 spiro atoms. The molecule has 0 fully saturated rings. The summed E-state index contributed by atoms with van der Waals surface area (Å²) in [6, 6.07) is 13.5. The summed E-state index contributed by atoms with van der Waals surface area (Å²) in [6.45, 7) is 3.25. The molecule has 2 rings (SSSR count). The van der Waals surface area contributed by atoms with Crippen LogP contribution >= 0.6 is 23.2 Å². The first-order chi connectivity index (χ1) is 10.6. The van der Waals surface area contributed by atoms with E-state index in [1.807, 2.05) is 42.5 Å². The zero-order valence-corrected chi connectivity index (χ0v) is 13.9. The first-order valence-electron chi connectivity index (χ1n) is 7.09. The van der Waals surface area contributed by atoms with Crippen molar-refractivity contribution in [2.45, 2.75) is 26.2 Å². The molecule has 0 saturated carbocycles. The Morgan fingerprint density at radius 2 is 1.73 bits per heavy atom. The lowest BCUT2D eigenvalue weighted by Crippen LogP contribution is -2.23. The highest BCUT2D eigenvalue weighted by atomic mass is 35.5. The number of benzene rings is 2. The molecule has 2 N–H and O–H groups in total. The van der Waals surface area contributed by atoms with Crippen LogP contribution < -0.4 is 10.1 Å². The van der Waals surface area contributed by atoms with Gasteiger partial charge in [0.05, 0.1) is 16.1 Å². The third kappa shape index (κ3) is 5.18. The van der Waals surface area contributed by atoms with Crippen LogP contribution in [-0.4, -0.2) is 17.8 Å². The molecule has 0 aromatic heterocycles. The Balaban J connectivity index is 2.00. The molecule has 0 unspecified atom stereocenters. The van der Waals surface area contributed by atoms with Gasteiger partial charge >= 0.3 is 0 Å². The highest BCUT2D eigenvalue weighted by molar-refractivity contribution is 6.37. The topological polar surface area (TPSA) is 41.5 Å². The van der Waals surface area contributed by atoms with Crippen LogP contribution in [0.4, 0.5) is 0 Å². The second kappa shape index (κ2) is 8.39. The zero-order valence-electron chi connectivity index (χ0n) is 12.4. The molecule has 2 aromatic rings. The number of hydrogen-bond acceptors (Lipinski definition) is 3. The molecule has 3 nitrogen and oxygen atoms in total. The summed E-state index contributed by atoms with van der Waals surface area (Å²) in [4.78, 5) is 0. The standard InChI is InChI=1S/C17H19Cl2NO2/c1-12(21)9-20-10-14-7-15(18)17(16(19)8-14)22-11-13-5-3-2-4-6-13/h2-8,12,20-21H,9-11H2,1H3/t12-/m1/s1. The quantitative estimate of drug-likeness (QED) is 0.799. The second-order valence-electron chi connectivity index (χ2n) is 5.14. The Labute approximate surface area is 140 Å². The number of nitrogens with one attached hydrogen (secondary N) is 1. The average Bonchev–Trinajstić information content (AvgIpc) is 2.47. The molecule has 0 heterocycles. The predicted molar refractivity (Wildman–Crippen MR) is 90.6 cm³/mol. The largest absolute Gasteiger partial charge is 0.486 e. The van der Waals surface area contributed by atoms with E-state index < -0.39 is 0 Å². The number of aliphatic hydroxyl groups excluding tert-OH is 1. The number of aliphatic hydroxyl groups is 1. The van der Waals surface area contributed by atoms with Gasteiger partial charge in [0, 0.05) is 13.1 Å². The predicted octanol–water partition coefficient (Wildman–Crippen LogP) is 4.04. The van der Waals surface area contributed by atoms with Gasteiger partial charge in [0.15, 0.2) is 5.75 Å². The van der Waals surface area contributed by atoms with Gasteiger partial charge in [0.25, 0.3) is 0 Å². The van der Waals surface area contributed by atoms with Gasteiger partial charge in [0.2, 0.25) is 0 Å². The lowest BCUT2D eigenvalue weighted by Gasteiger charge is -2.13. The SMILES string of the molecule is C[C@@H](O)CNCc1cc(Cl)c(OCc2ccccc2)c(Cl)c1. The first-order valence-corrected chi connectivity index (χ1v) is 7.85. The molecule has 118 valence electrons. The minimum absolute atomic E-state index is 0.389. The molecule has 0 aliphatic carbocycles. The van der Waals surface area contributed by atoms with E-state index in [0.717, 1.165) is 11.1 Å². The Kier molecular flexibility index (Phi) is 6.52. The van der Waals surface area contributed by atoms with Crippen molar-refractivity contribution in [1.82, 2.24) is 5.32 Å². The van der Waals surface area contributed by atoms with Crippen LogP contribution in [0.15, 0.2) is 42.5 Å². The van der Waals surface area contributed by atoms with E-state index in [-0.39, 0.29) is 6.10 Å². The van der Waals surface area contributed by atoms with Gasteiger partial charge in [0.1, 0.15) is 6.61 Å². The fraction of sp³-hybridized carbons (Fsp3) is 0.294. The summed E-state index contributed by atoms with van der Waals surface area (Å²) in [7, 11) is 0. The summed E-state index contributed by atoms with van der Waals surface area (Å²) in [5.41, 5.74) is 2.00. The molecule has 5 heteroatoms. The summed E-state index contributed by atoms with van der Waals surface area (Å²) in [5, 5.41) is 13.3. The van der Waals surface area contributed by atoms with E-state index in [4.69, 9.17) is 27.9 Å². The van der Waals surface area contributed by atoms with Gasteiger partial charge in [-0.1, -0.05) is 53.5 Å². The highest BCUT2D eigenvalue weighted by Crippen LogP contribution is 2.34. The van der Waals surface area contributed by atoms with E-state index in [9.17, 15) is 5.11 Å². The molecule has 0 aliphatic heterocycles. The van der Waals surface area contributed by atoms with E-state index >= 15 is 0 Å². The maximum atomic E-state index is 9.23. The number of rotatable bonds is 7. The Morgan fingerprint density at radius 1 is 1.09 bits per heavy atom. The first kappa shape index (κ1) is 17.1. The zero-order chi connectivity index (χ0) is 15.9. The van der Waals surface area contributed by atoms with Gasteiger partial charge in [-0.3, -0.25) is 0 Å². The van der Waals surface area contributed by atoms with E-state index in [2.05, 4.69) is 5.32 Å². The Bertz CT molecular complexity index is 580. The van der Waals surface area contributed by atoms with Crippen LogP contribution in [0.2, 0.25) is 10.0 Å². The molecule has 0 bridgehead atoms. The van der Waals surface area contributed by atoms with Crippen LogP contribution in [0.3, 0.4) is 0 Å². The van der Waals surface area contributed by atoms with Crippen molar-refractivity contribution in [3.05, 3.63) is 63.6 Å². The van der Waals surface area contributed by atoms with Crippen molar-refractivity contribution >= 4 is 23.2 Å². The minimum atomic E-state index is -0.389. The second-order valence-corrected chi connectivity index (χ2v) is 5.96. The molecule has 0 saturated heterocycles. The van der Waals surface area contributed by atoms with Crippen molar-refractivity contribution in [3.63, 3.8) is 0 Å². The Morgan fingerprint density at radius 3 is 2.32 bits per heavy atom. The number of ether oxygens (including phenoxy) is 1. The smallest absolute Gasteiger partial charge is 0.156 e. The lowest BCUT2D eigenvalue weighted by molar-refractivity contribution is 0.191. The molecular weight excluding hydrogens is 321 g/mol. The molecule has 1 atom stereocenters. The van der Waals surface area contributed by atoms with Gasteiger partial charge in [-0.2, -0.15) is 0 Å².